The topological polar surface area (TPSA) is 17.1 Å². The molecule has 0 heterocycles. The lowest BCUT2D eigenvalue weighted by Gasteiger charge is -1.82. The van der Waals surface area contributed by atoms with Crippen LogP contribution in [-0.2, 0) is 4.79 Å². The summed E-state index contributed by atoms with van der Waals surface area (Å²) < 4.78 is 0.0811. The van der Waals surface area contributed by atoms with E-state index in [2.05, 4.69) is 22.6 Å². The molecule has 6 heavy (non-hydrogen) atoms. The number of hydrogen-bond acceptors (Lipinski definition) is 1. The molecule has 1 saturated carbocycles. The van der Waals surface area contributed by atoms with E-state index < -0.39 is 0 Å². The number of alkyl halides is 1. The molecule has 0 N–H and O–H groups in total. The monoisotopic (exact) mass is 196 g/mol. The van der Waals surface area contributed by atoms with Gasteiger partial charge in [0.1, 0.15) is 6.29 Å². The van der Waals surface area contributed by atoms with Gasteiger partial charge < -0.3 is 4.79 Å². The van der Waals surface area contributed by atoms with Crippen molar-refractivity contribution in [2.75, 3.05) is 0 Å². The van der Waals surface area contributed by atoms with Gasteiger partial charge in [0.15, 0.2) is 0 Å². The van der Waals surface area contributed by atoms with E-state index >= 15 is 0 Å². The molecule has 1 nitrogen and oxygen atoms in total. The first-order valence-electron chi connectivity index (χ1n) is 1.92. The molecule has 34 valence electrons. The van der Waals surface area contributed by atoms with Crippen LogP contribution in [0.4, 0.5) is 0 Å². The minimum absolute atomic E-state index is 0.0811. The minimum atomic E-state index is 0.0811. The van der Waals surface area contributed by atoms with Crippen molar-refractivity contribution in [3.8, 4) is 0 Å². The van der Waals surface area contributed by atoms with Crippen LogP contribution in [0.15, 0.2) is 0 Å². The fourth-order valence-electron chi connectivity index (χ4n) is 0.237. The van der Waals surface area contributed by atoms with Gasteiger partial charge in [0.25, 0.3) is 0 Å². The lowest BCUT2D eigenvalue weighted by atomic mass is 10.5. The van der Waals surface area contributed by atoms with Crippen LogP contribution in [0.5, 0.6) is 0 Å². The zero-order valence-corrected chi connectivity index (χ0v) is 5.44. The number of aldehydes is 1. The molecule has 0 saturated heterocycles. The maximum absolute atomic E-state index is 9.88. The highest BCUT2D eigenvalue weighted by molar-refractivity contribution is 14.1. The van der Waals surface area contributed by atoms with Gasteiger partial charge in [-0.3, -0.25) is 0 Å². The molecule has 0 aromatic carbocycles. The summed E-state index contributed by atoms with van der Waals surface area (Å²) in [4.78, 5) is 9.88. The molecular formula is C4H5IO. The predicted octanol–water partition coefficient (Wildman–Crippen LogP) is 1.15. The summed E-state index contributed by atoms with van der Waals surface area (Å²) in [7, 11) is 0. The van der Waals surface area contributed by atoms with Gasteiger partial charge in [-0.15, -0.1) is 0 Å². The molecule has 1 aliphatic rings. The van der Waals surface area contributed by atoms with E-state index in [0.29, 0.717) is 0 Å². The van der Waals surface area contributed by atoms with Gasteiger partial charge in [-0.1, -0.05) is 22.6 Å². The standard InChI is InChI=1S/C4H5IO/c5-4(3-6)1-2-4/h3H,1-2H2. The summed E-state index contributed by atoms with van der Waals surface area (Å²) in [5, 5.41) is 0. The Kier molecular flexibility index (Phi) is 0.898. The van der Waals surface area contributed by atoms with Crippen molar-refractivity contribution in [1.82, 2.24) is 0 Å². The van der Waals surface area contributed by atoms with E-state index in [9.17, 15) is 4.79 Å². The number of carbonyl (C=O) groups is 1. The van der Waals surface area contributed by atoms with Gasteiger partial charge in [-0.05, 0) is 12.8 Å². The summed E-state index contributed by atoms with van der Waals surface area (Å²) in [6, 6.07) is 0. The molecule has 0 atom stereocenters. The smallest absolute Gasteiger partial charge is 0.135 e. The van der Waals surface area contributed by atoms with E-state index in [4.69, 9.17) is 0 Å². The Morgan fingerprint density at radius 2 is 2.17 bits per heavy atom. The molecule has 0 radical (unpaired) electrons. The number of rotatable bonds is 1. The van der Waals surface area contributed by atoms with Crippen LogP contribution in [0, 0.1) is 0 Å². The first-order chi connectivity index (χ1) is 2.77. The molecule has 1 rings (SSSR count). The van der Waals surface area contributed by atoms with Gasteiger partial charge >= 0.3 is 0 Å². The van der Waals surface area contributed by atoms with Crippen LogP contribution < -0.4 is 0 Å². The fourth-order valence-corrected chi connectivity index (χ4v) is 0.507. The van der Waals surface area contributed by atoms with E-state index in [0.717, 1.165) is 19.1 Å². The quantitative estimate of drug-likeness (QED) is 0.349. The highest BCUT2D eigenvalue weighted by Crippen LogP contribution is 2.42. The average Bonchev–Trinajstić information content (AvgIpc) is 2.22. The van der Waals surface area contributed by atoms with Crippen molar-refractivity contribution in [1.29, 1.82) is 0 Å². The number of carbonyl (C=O) groups excluding carboxylic acids is 1. The maximum Gasteiger partial charge on any atom is 0.135 e. The normalized spacial score (nSPS) is 26.2. The first-order valence-corrected chi connectivity index (χ1v) is 3.00. The summed E-state index contributed by atoms with van der Waals surface area (Å²) in [6.07, 6.45) is 3.22. The first kappa shape index (κ1) is 4.56. The number of halogens is 1. The van der Waals surface area contributed by atoms with E-state index in [1.165, 1.54) is 0 Å². The predicted molar refractivity (Wildman–Crippen MR) is 32.0 cm³/mol. The Labute approximate surface area is 50.3 Å². The SMILES string of the molecule is O=CC1(I)CC1. The third kappa shape index (κ3) is 0.721. The third-order valence-electron chi connectivity index (χ3n) is 0.939. The van der Waals surface area contributed by atoms with Gasteiger partial charge in [0.05, 0.1) is 3.42 Å². The lowest BCUT2D eigenvalue weighted by molar-refractivity contribution is -0.107. The molecule has 0 spiro atoms. The van der Waals surface area contributed by atoms with E-state index in [1.54, 1.807) is 0 Å². The molecule has 0 bridgehead atoms. The molecule has 0 unspecified atom stereocenters. The lowest BCUT2D eigenvalue weighted by Crippen LogP contribution is -1.93. The Morgan fingerprint density at radius 1 is 1.67 bits per heavy atom. The number of hydrogen-bond donors (Lipinski definition) is 0. The second-order valence-corrected chi connectivity index (χ2v) is 3.80. The zero-order valence-electron chi connectivity index (χ0n) is 3.28. The van der Waals surface area contributed by atoms with Crippen LogP contribution in [0.1, 0.15) is 12.8 Å². The Morgan fingerprint density at radius 3 is 2.17 bits per heavy atom. The highest BCUT2D eigenvalue weighted by atomic mass is 127. The molecule has 1 aliphatic carbocycles. The van der Waals surface area contributed by atoms with Gasteiger partial charge in [0.2, 0.25) is 0 Å². The van der Waals surface area contributed by atoms with Crippen LogP contribution in [0.2, 0.25) is 0 Å². The van der Waals surface area contributed by atoms with Crippen LogP contribution in [-0.4, -0.2) is 9.71 Å². The largest absolute Gasteiger partial charge is 0.302 e. The van der Waals surface area contributed by atoms with Crippen molar-refractivity contribution in [2.24, 2.45) is 0 Å². The Bertz CT molecular complexity index is 75.6. The molecule has 2 heteroatoms. The minimum Gasteiger partial charge on any atom is -0.302 e. The maximum atomic E-state index is 9.88. The summed E-state index contributed by atoms with van der Waals surface area (Å²) in [5.41, 5.74) is 0. The van der Waals surface area contributed by atoms with Crippen molar-refractivity contribution >= 4 is 28.9 Å². The van der Waals surface area contributed by atoms with Crippen LogP contribution >= 0.6 is 22.6 Å². The second kappa shape index (κ2) is 1.18. The Balaban J connectivity index is 2.47. The van der Waals surface area contributed by atoms with Crippen molar-refractivity contribution in [3.63, 3.8) is 0 Å². The fraction of sp³-hybridized carbons (Fsp3) is 0.750. The van der Waals surface area contributed by atoms with Gasteiger partial charge in [-0.2, -0.15) is 0 Å². The van der Waals surface area contributed by atoms with Crippen LogP contribution in [0.25, 0.3) is 0 Å². The van der Waals surface area contributed by atoms with Crippen molar-refractivity contribution < 1.29 is 4.79 Å². The summed E-state index contributed by atoms with van der Waals surface area (Å²) in [5.74, 6) is 0. The molecule has 0 aromatic rings. The van der Waals surface area contributed by atoms with E-state index in [1.807, 2.05) is 0 Å². The van der Waals surface area contributed by atoms with Crippen LogP contribution in [0.3, 0.4) is 0 Å². The zero-order chi connectivity index (χ0) is 4.62. The molecule has 0 amide bonds. The summed E-state index contributed by atoms with van der Waals surface area (Å²) >= 11 is 2.18. The average molecular weight is 196 g/mol. The molecule has 0 aromatic heterocycles. The van der Waals surface area contributed by atoms with Gasteiger partial charge in [0, 0.05) is 0 Å². The second-order valence-electron chi connectivity index (χ2n) is 1.65. The summed E-state index contributed by atoms with van der Waals surface area (Å²) in [6.45, 7) is 0. The third-order valence-corrected chi connectivity index (χ3v) is 2.27. The highest BCUT2D eigenvalue weighted by Gasteiger charge is 2.39. The van der Waals surface area contributed by atoms with Crippen molar-refractivity contribution in [3.05, 3.63) is 0 Å². The van der Waals surface area contributed by atoms with E-state index in [-0.39, 0.29) is 3.42 Å². The molecule has 0 aliphatic heterocycles. The van der Waals surface area contributed by atoms with Crippen molar-refractivity contribution in [2.45, 2.75) is 16.3 Å². The molecular weight excluding hydrogens is 191 g/mol. The van der Waals surface area contributed by atoms with Gasteiger partial charge in [-0.25, -0.2) is 0 Å². The Hall–Kier alpha value is 0.400. The molecule has 1 fully saturated rings.